The van der Waals surface area contributed by atoms with Gasteiger partial charge in [0, 0.05) is 9.13 Å². The molecule has 0 bridgehead atoms. The molecule has 0 aromatic heterocycles. The second kappa shape index (κ2) is 5.79. The fourth-order valence-corrected chi connectivity index (χ4v) is 2.40. The number of ether oxygens (including phenoxy) is 1. The Kier molecular flexibility index (Phi) is 4.31. The summed E-state index contributed by atoms with van der Waals surface area (Å²) in [4.78, 5) is 12.5. The first-order valence-corrected chi connectivity index (χ1v) is 6.92. The largest absolute Gasteiger partial charge is 0.496 e. The van der Waals surface area contributed by atoms with Crippen molar-refractivity contribution >= 4 is 45.7 Å². The van der Waals surface area contributed by atoms with E-state index in [-0.39, 0.29) is 11.5 Å². The van der Waals surface area contributed by atoms with Crippen LogP contribution in [-0.4, -0.2) is 12.9 Å². The van der Waals surface area contributed by atoms with Crippen molar-refractivity contribution in [2.45, 2.75) is 0 Å². The molecule has 0 aliphatic heterocycles. The SMILES string of the molecule is COc1ccc(I)cc1C(=O)c1cccc(Cl)c1N. The van der Waals surface area contributed by atoms with Crippen LogP contribution in [0.15, 0.2) is 36.4 Å². The fourth-order valence-electron chi connectivity index (χ4n) is 1.74. The molecule has 5 heteroatoms. The van der Waals surface area contributed by atoms with Gasteiger partial charge in [0.2, 0.25) is 0 Å². The summed E-state index contributed by atoms with van der Waals surface area (Å²) in [5.41, 5.74) is 7.00. The number of benzene rings is 2. The Labute approximate surface area is 129 Å². The minimum absolute atomic E-state index is 0.199. The summed E-state index contributed by atoms with van der Waals surface area (Å²) in [6.07, 6.45) is 0. The minimum Gasteiger partial charge on any atom is -0.496 e. The molecule has 3 nitrogen and oxygen atoms in total. The Bertz CT molecular complexity index is 643. The van der Waals surface area contributed by atoms with Crippen molar-refractivity contribution in [3.8, 4) is 5.75 Å². The standard InChI is InChI=1S/C14H11ClINO2/c1-19-12-6-5-8(16)7-10(12)14(18)9-3-2-4-11(15)13(9)17/h2-7H,17H2,1H3. The van der Waals surface area contributed by atoms with Gasteiger partial charge in [-0.25, -0.2) is 0 Å². The van der Waals surface area contributed by atoms with E-state index in [0.717, 1.165) is 3.57 Å². The predicted octanol–water partition coefficient (Wildman–Crippen LogP) is 3.77. The van der Waals surface area contributed by atoms with Crippen LogP contribution in [0.25, 0.3) is 0 Å². The molecule has 98 valence electrons. The number of ketones is 1. The van der Waals surface area contributed by atoms with Gasteiger partial charge in [0.25, 0.3) is 0 Å². The summed E-state index contributed by atoms with van der Waals surface area (Å²) in [5.74, 6) is 0.320. The van der Waals surface area contributed by atoms with E-state index in [9.17, 15) is 4.79 Å². The highest BCUT2D eigenvalue weighted by molar-refractivity contribution is 14.1. The zero-order chi connectivity index (χ0) is 14.0. The van der Waals surface area contributed by atoms with E-state index in [4.69, 9.17) is 22.1 Å². The van der Waals surface area contributed by atoms with Crippen molar-refractivity contribution in [1.82, 2.24) is 0 Å². The smallest absolute Gasteiger partial charge is 0.198 e. The van der Waals surface area contributed by atoms with Gasteiger partial charge in [-0.2, -0.15) is 0 Å². The van der Waals surface area contributed by atoms with Crippen LogP contribution in [0, 0.1) is 3.57 Å². The lowest BCUT2D eigenvalue weighted by atomic mass is 10.0. The van der Waals surface area contributed by atoms with Crippen molar-refractivity contribution in [3.05, 3.63) is 56.1 Å². The van der Waals surface area contributed by atoms with Crippen molar-refractivity contribution < 1.29 is 9.53 Å². The summed E-state index contributed by atoms with van der Waals surface area (Å²) in [6.45, 7) is 0. The second-order valence-corrected chi connectivity index (χ2v) is 5.53. The van der Waals surface area contributed by atoms with Crippen molar-refractivity contribution in [3.63, 3.8) is 0 Å². The number of hydrogen-bond donors (Lipinski definition) is 1. The van der Waals surface area contributed by atoms with E-state index in [1.54, 1.807) is 30.3 Å². The molecule has 0 unspecified atom stereocenters. The monoisotopic (exact) mass is 387 g/mol. The first-order chi connectivity index (χ1) is 9.04. The van der Waals surface area contributed by atoms with Crippen LogP contribution in [0.4, 0.5) is 5.69 Å². The van der Waals surface area contributed by atoms with Crippen LogP contribution in [0.3, 0.4) is 0 Å². The Morgan fingerprint density at radius 3 is 2.68 bits per heavy atom. The van der Waals surface area contributed by atoms with Crippen LogP contribution in [-0.2, 0) is 0 Å². The molecule has 0 aliphatic rings. The van der Waals surface area contributed by atoms with Crippen LogP contribution in [0.5, 0.6) is 5.75 Å². The number of nitrogen functional groups attached to an aromatic ring is 1. The number of carbonyl (C=O) groups excluding carboxylic acids is 1. The molecule has 0 atom stereocenters. The summed E-state index contributed by atoms with van der Waals surface area (Å²) < 4.78 is 6.16. The zero-order valence-electron chi connectivity index (χ0n) is 10.1. The first-order valence-electron chi connectivity index (χ1n) is 5.47. The summed E-state index contributed by atoms with van der Waals surface area (Å²) in [6, 6.07) is 10.4. The molecule has 0 radical (unpaired) electrons. The molecule has 2 N–H and O–H groups in total. The van der Waals surface area contributed by atoms with E-state index in [0.29, 0.717) is 21.9 Å². The summed E-state index contributed by atoms with van der Waals surface area (Å²) in [5, 5.41) is 0.371. The summed E-state index contributed by atoms with van der Waals surface area (Å²) >= 11 is 8.08. The maximum Gasteiger partial charge on any atom is 0.198 e. The average molecular weight is 388 g/mol. The number of anilines is 1. The predicted molar refractivity (Wildman–Crippen MR) is 85.0 cm³/mol. The lowest BCUT2D eigenvalue weighted by molar-refractivity contribution is 0.103. The van der Waals surface area contributed by atoms with Crippen molar-refractivity contribution in [1.29, 1.82) is 0 Å². The number of para-hydroxylation sites is 1. The molecular weight excluding hydrogens is 377 g/mol. The number of halogens is 2. The van der Waals surface area contributed by atoms with Gasteiger partial charge in [-0.15, -0.1) is 0 Å². The number of methoxy groups -OCH3 is 1. The third-order valence-corrected chi connectivity index (χ3v) is 3.70. The molecule has 0 aliphatic carbocycles. The van der Waals surface area contributed by atoms with Crippen molar-refractivity contribution in [2.24, 2.45) is 0 Å². The molecule has 0 heterocycles. The van der Waals surface area contributed by atoms with Gasteiger partial charge in [0.1, 0.15) is 5.75 Å². The van der Waals surface area contributed by atoms with Crippen LogP contribution in [0.2, 0.25) is 5.02 Å². The Balaban J connectivity index is 2.56. The van der Waals surface area contributed by atoms with Gasteiger partial charge in [0.05, 0.1) is 23.4 Å². The lowest BCUT2D eigenvalue weighted by Crippen LogP contribution is -2.07. The second-order valence-electron chi connectivity index (χ2n) is 3.87. The average Bonchev–Trinajstić information content (AvgIpc) is 2.41. The van der Waals surface area contributed by atoms with Crippen LogP contribution < -0.4 is 10.5 Å². The Hall–Kier alpha value is -1.27. The number of nitrogens with two attached hydrogens (primary N) is 1. The highest BCUT2D eigenvalue weighted by atomic mass is 127. The van der Waals surface area contributed by atoms with Gasteiger partial charge >= 0.3 is 0 Å². The number of rotatable bonds is 3. The van der Waals surface area contributed by atoms with Gasteiger partial charge in [-0.05, 0) is 52.9 Å². The molecule has 0 saturated heterocycles. The van der Waals surface area contributed by atoms with E-state index in [1.165, 1.54) is 7.11 Å². The molecular formula is C14H11ClINO2. The Morgan fingerprint density at radius 2 is 2.00 bits per heavy atom. The number of carbonyl (C=O) groups is 1. The normalized spacial score (nSPS) is 10.3. The minimum atomic E-state index is -0.199. The van der Waals surface area contributed by atoms with Crippen LogP contribution in [0.1, 0.15) is 15.9 Å². The van der Waals surface area contributed by atoms with E-state index < -0.39 is 0 Å². The van der Waals surface area contributed by atoms with Gasteiger partial charge in [-0.1, -0.05) is 17.7 Å². The molecule has 19 heavy (non-hydrogen) atoms. The summed E-state index contributed by atoms with van der Waals surface area (Å²) in [7, 11) is 1.53. The molecule has 0 saturated carbocycles. The Morgan fingerprint density at radius 1 is 1.26 bits per heavy atom. The molecule has 0 amide bonds. The van der Waals surface area contributed by atoms with E-state index in [2.05, 4.69) is 22.6 Å². The highest BCUT2D eigenvalue weighted by Crippen LogP contribution is 2.29. The molecule has 2 aromatic carbocycles. The first kappa shape index (κ1) is 14.1. The number of hydrogen-bond acceptors (Lipinski definition) is 3. The van der Waals surface area contributed by atoms with E-state index >= 15 is 0 Å². The lowest BCUT2D eigenvalue weighted by Gasteiger charge is -2.10. The third-order valence-electron chi connectivity index (χ3n) is 2.70. The topological polar surface area (TPSA) is 52.3 Å². The van der Waals surface area contributed by atoms with Gasteiger partial charge < -0.3 is 10.5 Å². The highest BCUT2D eigenvalue weighted by Gasteiger charge is 2.18. The maximum atomic E-state index is 12.5. The van der Waals surface area contributed by atoms with Crippen molar-refractivity contribution in [2.75, 3.05) is 12.8 Å². The quantitative estimate of drug-likeness (QED) is 0.495. The molecule has 0 fully saturated rings. The molecule has 2 rings (SSSR count). The fraction of sp³-hybridized carbons (Fsp3) is 0.0714. The third kappa shape index (κ3) is 2.84. The van der Waals surface area contributed by atoms with Gasteiger partial charge in [0.15, 0.2) is 5.78 Å². The van der Waals surface area contributed by atoms with Gasteiger partial charge in [-0.3, -0.25) is 4.79 Å². The van der Waals surface area contributed by atoms with E-state index in [1.807, 2.05) is 6.07 Å². The zero-order valence-corrected chi connectivity index (χ0v) is 13.0. The van der Waals surface area contributed by atoms with Crippen LogP contribution >= 0.6 is 34.2 Å². The maximum absolute atomic E-state index is 12.5. The molecule has 2 aromatic rings. The molecule has 0 spiro atoms.